The number of ether oxygens (including phenoxy) is 1. The molecule has 0 aliphatic carbocycles. The standard InChI is InChI=1S/C18H23N3O6S2/c1-12-11-20(17(23)27-18(2,3)4)8-9-21(12)29(24,25)15-6-5-14(28-15)16(22)13-7-10-26-19-13/h5-7,10,12H,8-9,11H2,1-4H3. The lowest BCUT2D eigenvalue weighted by Crippen LogP contribution is -2.55. The molecule has 0 bridgehead atoms. The predicted octanol–water partition coefficient (Wildman–Crippen LogP) is 2.60. The number of nitrogens with zero attached hydrogens (tertiary/aromatic N) is 3. The van der Waals surface area contributed by atoms with Crippen molar-refractivity contribution < 1.29 is 27.3 Å². The lowest BCUT2D eigenvalue weighted by atomic mass is 10.2. The van der Waals surface area contributed by atoms with E-state index in [1.807, 2.05) is 0 Å². The van der Waals surface area contributed by atoms with Gasteiger partial charge < -0.3 is 14.2 Å². The van der Waals surface area contributed by atoms with E-state index in [-0.39, 0.29) is 34.4 Å². The Bertz CT molecular complexity index is 991. The third-order valence-corrected chi connectivity index (χ3v) is 7.82. The van der Waals surface area contributed by atoms with Gasteiger partial charge in [-0.1, -0.05) is 5.16 Å². The van der Waals surface area contributed by atoms with E-state index in [1.165, 1.54) is 33.7 Å². The number of piperazine rings is 1. The zero-order valence-corrected chi connectivity index (χ0v) is 18.2. The van der Waals surface area contributed by atoms with Crippen molar-refractivity contribution in [3.05, 3.63) is 35.0 Å². The summed E-state index contributed by atoms with van der Waals surface area (Å²) in [6, 6.07) is 3.88. The van der Waals surface area contributed by atoms with Gasteiger partial charge >= 0.3 is 6.09 Å². The number of hydrogen-bond acceptors (Lipinski definition) is 8. The molecule has 1 fully saturated rings. The van der Waals surface area contributed by atoms with Crippen LogP contribution in [0.4, 0.5) is 4.79 Å². The molecule has 158 valence electrons. The highest BCUT2D eigenvalue weighted by molar-refractivity contribution is 7.91. The second-order valence-corrected chi connectivity index (χ2v) is 10.9. The van der Waals surface area contributed by atoms with E-state index < -0.39 is 33.5 Å². The molecule has 1 aliphatic heterocycles. The molecular weight excluding hydrogens is 418 g/mol. The Labute approximate surface area is 173 Å². The topological polar surface area (TPSA) is 110 Å². The highest BCUT2D eigenvalue weighted by Gasteiger charge is 2.37. The van der Waals surface area contributed by atoms with Crippen LogP contribution >= 0.6 is 11.3 Å². The van der Waals surface area contributed by atoms with Crippen LogP contribution in [0.1, 0.15) is 43.1 Å². The number of thiophene rings is 1. The van der Waals surface area contributed by atoms with Gasteiger partial charge in [0.2, 0.25) is 5.78 Å². The van der Waals surface area contributed by atoms with E-state index in [4.69, 9.17) is 4.74 Å². The first-order valence-corrected chi connectivity index (χ1v) is 11.3. The first-order valence-electron chi connectivity index (χ1n) is 9.04. The highest BCUT2D eigenvalue weighted by atomic mass is 32.2. The molecule has 1 aliphatic rings. The quantitative estimate of drug-likeness (QED) is 0.671. The van der Waals surface area contributed by atoms with Crippen molar-refractivity contribution in [1.82, 2.24) is 14.4 Å². The van der Waals surface area contributed by atoms with Crippen molar-refractivity contribution in [3.8, 4) is 0 Å². The van der Waals surface area contributed by atoms with Gasteiger partial charge in [0.1, 0.15) is 16.1 Å². The van der Waals surface area contributed by atoms with Crippen LogP contribution in [0.3, 0.4) is 0 Å². The Hall–Kier alpha value is -2.24. The van der Waals surface area contributed by atoms with Gasteiger partial charge in [-0.15, -0.1) is 11.3 Å². The smallest absolute Gasteiger partial charge is 0.410 e. The van der Waals surface area contributed by atoms with Gasteiger partial charge in [0, 0.05) is 31.7 Å². The molecule has 2 aromatic heterocycles. The molecule has 1 saturated heterocycles. The van der Waals surface area contributed by atoms with Crippen LogP contribution in [0.5, 0.6) is 0 Å². The van der Waals surface area contributed by atoms with E-state index in [2.05, 4.69) is 9.68 Å². The van der Waals surface area contributed by atoms with Crippen molar-refractivity contribution in [1.29, 1.82) is 0 Å². The van der Waals surface area contributed by atoms with Crippen molar-refractivity contribution in [3.63, 3.8) is 0 Å². The molecule has 1 amide bonds. The van der Waals surface area contributed by atoms with Crippen molar-refractivity contribution >= 4 is 33.2 Å². The zero-order valence-electron chi connectivity index (χ0n) is 16.6. The molecule has 3 rings (SSSR count). The fourth-order valence-corrected chi connectivity index (χ4v) is 5.94. The summed E-state index contributed by atoms with van der Waals surface area (Å²) >= 11 is 0.891. The Morgan fingerprint density at radius 2 is 1.97 bits per heavy atom. The van der Waals surface area contributed by atoms with E-state index in [0.29, 0.717) is 0 Å². The van der Waals surface area contributed by atoms with Gasteiger partial charge in [-0.05, 0) is 39.8 Å². The van der Waals surface area contributed by atoms with Crippen molar-refractivity contribution in [2.24, 2.45) is 0 Å². The Morgan fingerprint density at radius 1 is 1.24 bits per heavy atom. The average molecular weight is 442 g/mol. The molecule has 11 heteroatoms. The van der Waals surface area contributed by atoms with E-state index in [0.717, 1.165) is 11.3 Å². The van der Waals surface area contributed by atoms with E-state index in [1.54, 1.807) is 27.7 Å². The second-order valence-electron chi connectivity index (χ2n) is 7.72. The van der Waals surface area contributed by atoms with Crippen LogP contribution in [0.15, 0.2) is 33.2 Å². The summed E-state index contributed by atoms with van der Waals surface area (Å²) in [5, 5.41) is 3.59. The number of amides is 1. The minimum absolute atomic E-state index is 0.0712. The molecule has 3 heterocycles. The Morgan fingerprint density at radius 3 is 2.55 bits per heavy atom. The molecule has 0 aromatic carbocycles. The Kier molecular flexibility index (Phi) is 5.84. The molecule has 0 radical (unpaired) electrons. The summed E-state index contributed by atoms with van der Waals surface area (Å²) in [5.74, 6) is -0.395. The SMILES string of the molecule is CC1CN(C(=O)OC(C)(C)C)CCN1S(=O)(=O)c1ccc(C(=O)c2ccon2)s1. The maximum absolute atomic E-state index is 13.1. The number of aromatic nitrogens is 1. The zero-order chi connectivity index (χ0) is 21.4. The number of rotatable bonds is 4. The molecule has 9 nitrogen and oxygen atoms in total. The minimum atomic E-state index is -3.80. The summed E-state index contributed by atoms with van der Waals surface area (Å²) in [6.45, 7) is 7.69. The number of sulfonamides is 1. The molecule has 1 unspecified atom stereocenters. The van der Waals surface area contributed by atoms with Gasteiger partial charge in [0.05, 0.1) is 4.88 Å². The van der Waals surface area contributed by atoms with Crippen LogP contribution in [0.25, 0.3) is 0 Å². The van der Waals surface area contributed by atoms with Gasteiger partial charge in [-0.25, -0.2) is 13.2 Å². The molecule has 2 aromatic rings. The molecule has 0 spiro atoms. The van der Waals surface area contributed by atoms with Gasteiger partial charge in [-0.3, -0.25) is 4.79 Å². The van der Waals surface area contributed by atoms with E-state index >= 15 is 0 Å². The molecule has 0 N–H and O–H groups in total. The summed E-state index contributed by atoms with van der Waals surface area (Å²) in [7, 11) is -3.80. The summed E-state index contributed by atoms with van der Waals surface area (Å²) in [5.41, 5.74) is -0.497. The van der Waals surface area contributed by atoms with Gasteiger partial charge in [-0.2, -0.15) is 4.31 Å². The minimum Gasteiger partial charge on any atom is -0.444 e. The molecule has 0 saturated carbocycles. The van der Waals surface area contributed by atoms with Crippen molar-refractivity contribution in [2.45, 2.75) is 43.5 Å². The second kappa shape index (κ2) is 7.88. The normalized spacial score (nSPS) is 18.6. The molecule has 29 heavy (non-hydrogen) atoms. The van der Waals surface area contributed by atoms with Crippen LogP contribution in [-0.2, 0) is 14.8 Å². The fraction of sp³-hybridized carbons (Fsp3) is 0.500. The van der Waals surface area contributed by atoms with Crippen LogP contribution in [-0.4, -0.2) is 65.9 Å². The number of carbonyl (C=O) groups is 2. The monoisotopic (exact) mass is 441 g/mol. The molecule has 1 atom stereocenters. The Balaban J connectivity index is 1.72. The summed E-state index contributed by atoms with van der Waals surface area (Å²) in [4.78, 5) is 26.4. The number of hydrogen-bond donors (Lipinski definition) is 0. The maximum atomic E-state index is 13.1. The lowest BCUT2D eigenvalue weighted by molar-refractivity contribution is 0.0143. The molecular formula is C18H23N3O6S2. The van der Waals surface area contributed by atoms with Gasteiger partial charge in [0.15, 0.2) is 5.69 Å². The number of carbonyl (C=O) groups excluding carboxylic acids is 2. The average Bonchev–Trinajstić information content (AvgIpc) is 3.31. The summed E-state index contributed by atoms with van der Waals surface area (Å²) < 4.78 is 37.6. The first-order chi connectivity index (χ1) is 13.5. The van der Waals surface area contributed by atoms with Crippen LogP contribution in [0, 0.1) is 0 Å². The first kappa shape index (κ1) is 21.5. The summed E-state index contributed by atoms with van der Waals surface area (Å²) in [6.07, 6.45) is 0.822. The number of ketones is 1. The third kappa shape index (κ3) is 4.68. The largest absolute Gasteiger partial charge is 0.444 e. The van der Waals surface area contributed by atoms with Gasteiger partial charge in [0.25, 0.3) is 10.0 Å². The van der Waals surface area contributed by atoms with Crippen molar-refractivity contribution in [2.75, 3.05) is 19.6 Å². The lowest BCUT2D eigenvalue weighted by Gasteiger charge is -2.39. The van der Waals surface area contributed by atoms with E-state index in [9.17, 15) is 18.0 Å². The maximum Gasteiger partial charge on any atom is 0.410 e. The van der Waals surface area contributed by atoms with Crippen LogP contribution in [0.2, 0.25) is 0 Å². The third-order valence-electron chi connectivity index (χ3n) is 4.26. The highest BCUT2D eigenvalue weighted by Crippen LogP contribution is 2.29. The fourth-order valence-electron chi connectivity index (χ4n) is 2.94. The van der Waals surface area contributed by atoms with Crippen LogP contribution < -0.4 is 0 Å². The predicted molar refractivity (Wildman–Crippen MR) is 105 cm³/mol.